The van der Waals surface area contributed by atoms with E-state index in [1.54, 1.807) is 12.1 Å². The first-order valence-electron chi connectivity index (χ1n) is 8.42. The molecule has 3 rings (SSSR count). The topological polar surface area (TPSA) is 97.4 Å². The smallest absolute Gasteiger partial charge is 0.253 e. The van der Waals surface area contributed by atoms with Gasteiger partial charge in [0.15, 0.2) is 9.84 Å². The Bertz CT molecular complexity index is 864. The lowest BCUT2D eigenvalue weighted by Crippen LogP contribution is -2.35. The van der Waals surface area contributed by atoms with Crippen molar-refractivity contribution in [3.63, 3.8) is 0 Å². The molecule has 1 aromatic heterocycles. The van der Waals surface area contributed by atoms with E-state index in [1.165, 1.54) is 6.20 Å². The third kappa shape index (κ3) is 4.72. The third-order valence-corrected chi connectivity index (χ3v) is 5.80. The van der Waals surface area contributed by atoms with E-state index in [0.717, 1.165) is 11.4 Å². The molecule has 0 aliphatic carbocycles. The molecule has 7 nitrogen and oxygen atoms in total. The number of carbonyl (C=O) groups excluding carboxylic acids is 1. The summed E-state index contributed by atoms with van der Waals surface area (Å²) in [6, 6.07) is 10.5. The van der Waals surface area contributed by atoms with Gasteiger partial charge in [-0.25, -0.2) is 13.4 Å². The Kier molecular flexibility index (Phi) is 5.41. The first-order valence-corrected chi connectivity index (χ1v) is 10.2. The number of rotatable bonds is 6. The number of hydrogen-bond acceptors (Lipinski definition) is 6. The molecule has 2 N–H and O–H groups in total. The largest absolute Gasteiger partial charge is 0.494 e. The van der Waals surface area contributed by atoms with Crippen LogP contribution in [0.3, 0.4) is 0 Å². The van der Waals surface area contributed by atoms with Crippen molar-refractivity contribution in [2.45, 2.75) is 19.4 Å². The van der Waals surface area contributed by atoms with Gasteiger partial charge in [-0.3, -0.25) is 4.79 Å². The molecule has 1 aliphatic rings. The molecule has 8 heteroatoms. The monoisotopic (exact) mass is 375 g/mol. The van der Waals surface area contributed by atoms with Crippen molar-refractivity contribution >= 4 is 27.2 Å². The Morgan fingerprint density at radius 2 is 2.00 bits per heavy atom. The van der Waals surface area contributed by atoms with E-state index in [9.17, 15) is 13.2 Å². The second kappa shape index (κ2) is 7.74. The number of anilines is 2. The van der Waals surface area contributed by atoms with Crippen LogP contribution in [0.2, 0.25) is 0 Å². The van der Waals surface area contributed by atoms with Crippen molar-refractivity contribution in [3.8, 4) is 5.75 Å². The van der Waals surface area contributed by atoms with Gasteiger partial charge in [-0.05, 0) is 49.7 Å². The van der Waals surface area contributed by atoms with Crippen molar-refractivity contribution in [2.75, 3.05) is 23.4 Å². The molecule has 2 heterocycles. The van der Waals surface area contributed by atoms with Crippen LogP contribution in [0.5, 0.6) is 5.75 Å². The van der Waals surface area contributed by atoms with Crippen LogP contribution >= 0.6 is 0 Å². The van der Waals surface area contributed by atoms with Gasteiger partial charge < -0.3 is 15.4 Å². The van der Waals surface area contributed by atoms with Crippen molar-refractivity contribution < 1.29 is 17.9 Å². The molecule has 2 aromatic rings. The van der Waals surface area contributed by atoms with E-state index in [-0.39, 0.29) is 23.5 Å². The highest BCUT2D eigenvalue weighted by molar-refractivity contribution is 7.91. The van der Waals surface area contributed by atoms with Crippen LogP contribution in [0.1, 0.15) is 23.7 Å². The van der Waals surface area contributed by atoms with Crippen molar-refractivity contribution in [3.05, 3.63) is 48.2 Å². The zero-order valence-corrected chi connectivity index (χ0v) is 15.3. The Morgan fingerprint density at radius 3 is 2.58 bits per heavy atom. The van der Waals surface area contributed by atoms with Gasteiger partial charge in [0.05, 0.1) is 23.7 Å². The number of nitrogens with zero attached hydrogens (tertiary/aromatic N) is 1. The second-order valence-electron chi connectivity index (χ2n) is 6.09. The number of nitrogens with one attached hydrogen (secondary N) is 2. The third-order valence-electron chi connectivity index (χ3n) is 4.03. The minimum Gasteiger partial charge on any atom is -0.494 e. The summed E-state index contributed by atoms with van der Waals surface area (Å²) in [6.07, 6.45) is 1.93. The number of sulfone groups is 1. The summed E-state index contributed by atoms with van der Waals surface area (Å²) in [5, 5.41) is 5.89. The van der Waals surface area contributed by atoms with Gasteiger partial charge in [0.1, 0.15) is 11.6 Å². The zero-order valence-electron chi connectivity index (χ0n) is 14.4. The summed E-state index contributed by atoms with van der Waals surface area (Å²) >= 11 is 0. The lowest BCUT2D eigenvalue weighted by Gasteiger charge is -2.11. The number of carbonyl (C=O) groups is 1. The summed E-state index contributed by atoms with van der Waals surface area (Å²) in [6.45, 7) is 2.55. The van der Waals surface area contributed by atoms with Gasteiger partial charge in [-0.2, -0.15) is 0 Å². The molecule has 1 aliphatic heterocycles. The molecule has 1 unspecified atom stereocenters. The van der Waals surface area contributed by atoms with Gasteiger partial charge >= 0.3 is 0 Å². The van der Waals surface area contributed by atoms with Crippen molar-refractivity contribution in [2.24, 2.45) is 0 Å². The van der Waals surface area contributed by atoms with E-state index in [2.05, 4.69) is 15.6 Å². The minimum absolute atomic E-state index is 0.00352. The first kappa shape index (κ1) is 18.2. The highest BCUT2D eigenvalue weighted by atomic mass is 32.2. The molecule has 1 saturated heterocycles. The highest BCUT2D eigenvalue weighted by Gasteiger charge is 2.29. The maximum atomic E-state index is 12.2. The SMILES string of the molecule is CCOc1ccc(Nc2ccc(C(=O)NC3CCS(=O)(=O)C3)cn2)cc1. The van der Waals surface area contributed by atoms with Gasteiger partial charge in [-0.1, -0.05) is 0 Å². The molecule has 1 aromatic carbocycles. The second-order valence-corrected chi connectivity index (χ2v) is 8.32. The fraction of sp³-hybridized carbons (Fsp3) is 0.333. The molecular formula is C18H21N3O4S. The van der Waals surface area contributed by atoms with Crippen molar-refractivity contribution in [1.82, 2.24) is 10.3 Å². The molecule has 1 fully saturated rings. The first-order chi connectivity index (χ1) is 12.4. The van der Waals surface area contributed by atoms with Gasteiger partial charge in [0.2, 0.25) is 0 Å². The Morgan fingerprint density at radius 1 is 1.23 bits per heavy atom. The van der Waals surface area contributed by atoms with Crippen LogP contribution in [0.25, 0.3) is 0 Å². The van der Waals surface area contributed by atoms with E-state index < -0.39 is 9.84 Å². The molecule has 0 saturated carbocycles. The number of hydrogen-bond donors (Lipinski definition) is 2. The van der Waals surface area contributed by atoms with E-state index in [1.807, 2.05) is 31.2 Å². The van der Waals surface area contributed by atoms with Gasteiger partial charge in [0.25, 0.3) is 5.91 Å². The number of amides is 1. The molecule has 1 atom stereocenters. The van der Waals surface area contributed by atoms with Crippen LogP contribution in [0, 0.1) is 0 Å². The number of aromatic nitrogens is 1. The number of benzene rings is 1. The molecule has 138 valence electrons. The van der Waals surface area contributed by atoms with Gasteiger partial charge in [0, 0.05) is 17.9 Å². The van der Waals surface area contributed by atoms with Crippen LogP contribution in [-0.4, -0.2) is 43.5 Å². The molecule has 0 bridgehead atoms. The fourth-order valence-corrected chi connectivity index (χ4v) is 4.40. The summed E-state index contributed by atoms with van der Waals surface area (Å²) in [4.78, 5) is 16.4. The molecule has 0 spiro atoms. The zero-order chi connectivity index (χ0) is 18.6. The standard InChI is InChI=1S/C18H21N3O4S/c1-2-25-16-6-4-14(5-7-16)20-17-8-3-13(11-19-17)18(22)21-15-9-10-26(23,24)12-15/h3-8,11,15H,2,9-10,12H2,1H3,(H,19,20)(H,21,22). The van der Waals surface area contributed by atoms with Crippen LogP contribution in [0.4, 0.5) is 11.5 Å². The lowest BCUT2D eigenvalue weighted by molar-refractivity contribution is 0.0941. The summed E-state index contributed by atoms with van der Waals surface area (Å²) in [5.74, 6) is 1.22. The number of pyridine rings is 1. The average molecular weight is 375 g/mol. The highest BCUT2D eigenvalue weighted by Crippen LogP contribution is 2.19. The fourth-order valence-electron chi connectivity index (χ4n) is 2.73. The van der Waals surface area contributed by atoms with E-state index >= 15 is 0 Å². The van der Waals surface area contributed by atoms with Gasteiger partial charge in [-0.15, -0.1) is 0 Å². The minimum atomic E-state index is -3.02. The lowest BCUT2D eigenvalue weighted by atomic mass is 10.2. The maximum Gasteiger partial charge on any atom is 0.253 e. The molecule has 0 radical (unpaired) electrons. The Labute approximate surface area is 152 Å². The summed E-state index contributed by atoms with van der Waals surface area (Å²) < 4.78 is 28.3. The number of ether oxygens (including phenoxy) is 1. The quantitative estimate of drug-likeness (QED) is 0.803. The van der Waals surface area contributed by atoms with Crippen LogP contribution < -0.4 is 15.4 Å². The average Bonchev–Trinajstić information content (AvgIpc) is 2.96. The molecule has 26 heavy (non-hydrogen) atoms. The molecular weight excluding hydrogens is 354 g/mol. The predicted octanol–water partition coefficient (Wildman–Crippen LogP) is 2.14. The van der Waals surface area contributed by atoms with E-state index in [4.69, 9.17) is 4.74 Å². The van der Waals surface area contributed by atoms with Crippen molar-refractivity contribution in [1.29, 1.82) is 0 Å². The molecule has 1 amide bonds. The summed E-state index contributed by atoms with van der Waals surface area (Å²) in [5.41, 5.74) is 1.25. The van der Waals surface area contributed by atoms with E-state index in [0.29, 0.717) is 24.4 Å². The Hall–Kier alpha value is -2.61. The normalized spacial score (nSPS) is 18.3. The predicted molar refractivity (Wildman–Crippen MR) is 99.7 cm³/mol. The van der Waals surface area contributed by atoms with Crippen LogP contribution in [0.15, 0.2) is 42.6 Å². The maximum absolute atomic E-state index is 12.2. The van der Waals surface area contributed by atoms with Crippen LogP contribution in [-0.2, 0) is 9.84 Å². The Balaban J connectivity index is 1.58. The summed E-state index contributed by atoms with van der Waals surface area (Å²) in [7, 11) is -3.02.